The zero-order valence-electron chi connectivity index (χ0n) is 10.6. The summed E-state index contributed by atoms with van der Waals surface area (Å²) < 4.78 is 0. The van der Waals surface area contributed by atoms with Crippen LogP contribution in [0.5, 0.6) is 0 Å². The van der Waals surface area contributed by atoms with Crippen molar-refractivity contribution in [1.29, 1.82) is 0 Å². The van der Waals surface area contributed by atoms with Crippen LogP contribution in [0.2, 0.25) is 0 Å². The molecular formula is C12H25N3O. The van der Waals surface area contributed by atoms with Crippen LogP contribution in [-0.4, -0.2) is 55.0 Å². The van der Waals surface area contributed by atoms with Gasteiger partial charge in [0, 0.05) is 26.2 Å². The first kappa shape index (κ1) is 13.5. The monoisotopic (exact) mass is 227 g/mol. The standard InChI is InChI=1S/C12H25N3O/c1-3-14(8-6-13)10-12(16)15-7-4-5-11(2)9-15/h11H,3-10,13H2,1-2H3. The number of nitrogens with zero attached hydrogens (tertiary/aromatic N) is 2. The molecule has 1 fully saturated rings. The van der Waals surface area contributed by atoms with Crippen LogP contribution in [0, 0.1) is 5.92 Å². The fourth-order valence-corrected chi connectivity index (χ4v) is 2.24. The molecule has 0 aliphatic carbocycles. The lowest BCUT2D eigenvalue weighted by atomic mass is 10.0. The predicted molar refractivity (Wildman–Crippen MR) is 66.1 cm³/mol. The minimum Gasteiger partial charge on any atom is -0.341 e. The van der Waals surface area contributed by atoms with Crippen molar-refractivity contribution in [3.8, 4) is 0 Å². The molecule has 94 valence electrons. The van der Waals surface area contributed by atoms with Gasteiger partial charge < -0.3 is 10.6 Å². The van der Waals surface area contributed by atoms with E-state index in [2.05, 4.69) is 18.7 Å². The number of hydrogen-bond donors (Lipinski definition) is 1. The smallest absolute Gasteiger partial charge is 0.236 e. The van der Waals surface area contributed by atoms with E-state index in [0.29, 0.717) is 19.0 Å². The van der Waals surface area contributed by atoms with E-state index >= 15 is 0 Å². The van der Waals surface area contributed by atoms with Crippen LogP contribution in [0.3, 0.4) is 0 Å². The van der Waals surface area contributed by atoms with Gasteiger partial charge in [-0.15, -0.1) is 0 Å². The van der Waals surface area contributed by atoms with Crippen molar-refractivity contribution in [3.05, 3.63) is 0 Å². The van der Waals surface area contributed by atoms with Crippen molar-refractivity contribution in [2.75, 3.05) is 39.3 Å². The maximum absolute atomic E-state index is 12.0. The van der Waals surface area contributed by atoms with Crippen LogP contribution in [0.1, 0.15) is 26.7 Å². The van der Waals surface area contributed by atoms with Gasteiger partial charge in [-0.2, -0.15) is 0 Å². The summed E-state index contributed by atoms with van der Waals surface area (Å²) in [5, 5.41) is 0. The zero-order chi connectivity index (χ0) is 12.0. The average molecular weight is 227 g/mol. The number of carbonyl (C=O) groups excluding carboxylic acids is 1. The first-order chi connectivity index (χ1) is 7.67. The lowest BCUT2D eigenvalue weighted by molar-refractivity contribution is -0.134. The number of amides is 1. The van der Waals surface area contributed by atoms with Gasteiger partial charge in [-0.25, -0.2) is 0 Å². The quantitative estimate of drug-likeness (QED) is 0.745. The van der Waals surface area contributed by atoms with Crippen LogP contribution >= 0.6 is 0 Å². The van der Waals surface area contributed by atoms with Crippen molar-refractivity contribution in [3.63, 3.8) is 0 Å². The number of likely N-dealkylation sites (N-methyl/N-ethyl adjacent to an activating group) is 1. The molecule has 1 atom stereocenters. The molecule has 4 nitrogen and oxygen atoms in total. The fourth-order valence-electron chi connectivity index (χ4n) is 2.24. The summed E-state index contributed by atoms with van der Waals surface area (Å²) in [4.78, 5) is 16.2. The van der Waals surface area contributed by atoms with Gasteiger partial charge in [-0.05, 0) is 25.3 Å². The van der Waals surface area contributed by atoms with E-state index < -0.39 is 0 Å². The van der Waals surface area contributed by atoms with Crippen molar-refractivity contribution in [1.82, 2.24) is 9.80 Å². The number of likely N-dealkylation sites (tertiary alicyclic amines) is 1. The second-order valence-corrected chi connectivity index (χ2v) is 4.74. The van der Waals surface area contributed by atoms with Crippen LogP contribution in [0.4, 0.5) is 0 Å². The molecule has 0 radical (unpaired) electrons. The first-order valence-corrected chi connectivity index (χ1v) is 6.37. The molecule has 0 aromatic rings. The molecule has 1 heterocycles. The van der Waals surface area contributed by atoms with E-state index in [-0.39, 0.29) is 5.91 Å². The summed E-state index contributed by atoms with van der Waals surface area (Å²) in [5.41, 5.74) is 5.51. The Balaban J connectivity index is 2.37. The van der Waals surface area contributed by atoms with Crippen molar-refractivity contribution in [2.45, 2.75) is 26.7 Å². The highest BCUT2D eigenvalue weighted by Gasteiger charge is 2.21. The van der Waals surface area contributed by atoms with Gasteiger partial charge in [0.15, 0.2) is 0 Å². The van der Waals surface area contributed by atoms with E-state index in [1.54, 1.807) is 0 Å². The van der Waals surface area contributed by atoms with Gasteiger partial charge in [0.2, 0.25) is 5.91 Å². The predicted octanol–water partition coefficient (Wildman–Crippen LogP) is 0.526. The number of piperidine rings is 1. The molecule has 0 aromatic heterocycles. The Morgan fingerprint density at radius 2 is 2.31 bits per heavy atom. The van der Waals surface area contributed by atoms with Crippen molar-refractivity contribution in [2.24, 2.45) is 11.7 Å². The summed E-state index contributed by atoms with van der Waals surface area (Å²) in [6, 6.07) is 0. The maximum Gasteiger partial charge on any atom is 0.236 e. The average Bonchev–Trinajstić information content (AvgIpc) is 2.28. The molecule has 1 aliphatic heterocycles. The van der Waals surface area contributed by atoms with Gasteiger partial charge in [-0.3, -0.25) is 9.69 Å². The van der Waals surface area contributed by atoms with E-state index in [1.165, 1.54) is 6.42 Å². The highest BCUT2D eigenvalue weighted by molar-refractivity contribution is 5.78. The van der Waals surface area contributed by atoms with Gasteiger partial charge in [0.05, 0.1) is 6.54 Å². The molecule has 16 heavy (non-hydrogen) atoms. The molecule has 1 aliphatic rings. The molecule has 1 rings (SSSR count). The highest BCUT2D eigenvalue weighted by Crippen LogP contribution is 2.15. The van der Waals surface area contributed by atoms with Crippen molar-refractivity contribution < 1.29 is 4.79 Å². The molecule has 4 heteroatoms. The number of carbonyl (C=O) groups is 1. The lowest BCUT2D eigenvalue weighted by Crippen LogP contribution is -2.45. The third kappa shape index (κ3) is 4.10. The molecule has 0 bridgehead atoms. The van der Waals surface area contributed by atoms with E-state index in [0.717, 1.165) is 32.6 Å². The van der Waals surface area contributed by atoms with E-state index in [1.807, 2.05) is 4.90 Å². The van der Waals surface area contributed by atoms with Gasteiger partial charge in [0.25, 0.3) is 0 Å². The van der Waals surface area contributed by atoms with Crippen LogP contribution < -0.4 is 5.73 Å². The Labute approximate surface area is 98.8 Å². The van der Waals surface area contributed by atoms with Gasteiger partial charge in [-0.1, -0.05) is 13.8 Å². The Bertz CT molecular complexity index is 220. The summed E-state index contributed by atoms with van der Waals surface area (Å²) >= 11 is 0. The number of rotatable bonds is 5. The molecule has 0 aromatic carbocycles. The van der Waals surface area contributed by atoms with Crippen LogP contribution in [0.15, 0.2) is 0 Å². The number of nitrogens with two attached hydrogens (primary N) is 1. The minimum absolute atomic E-state index is 0.266. The summed E-state index contributed by atoms with van der Waals surface area (Å²) in [6.45, 7) is 9.01. The normalized spacial score (nSPS) is 21.5. The first-order valence-electron chi connectivity index (χ1n) is 6.37. The Hall–Kier alpha value is -0.610. The SMILES string of the molecule is CCN(CCN)CC(=O)N1CCCC(C)C1. The largest absolute Gasteiger partial charge is 0.341 e. The molecule has 2 N–H and O–H groups in total. The minimum atomic E-state index is 0.266. The molecule has 0 spiro atoms. The molecular weight excluding hydrogens is 202 g/mol. The molecule has 1 unspecified atom stereocenters. The molecule has 0 saturated carbocycles. The third-order valence-corrected chi connectivity index (χ3v) is 3.26. The summed E-state index contributed by atoms with van der Waals surface area (Å²) in [6.07, 6.45) is 2.40. The van der Waals surface area contributed by atoms with Crippen LogP contribution in [0.25, 0.3) is 0 Å². The Kier molecular flexibility index (Phi) is 5.77. The second-order valence-electron chi connectivity index (χ2n) is 4.74. The zero-order valence-corrected chi connectivity index (χ0v) is 10.6. The van der Waals surface area contributed by atoms with E-state index in [9.17, 15) is 4.79 Å². The number of hydrogen-bond acceptors (Lipinski definition) is 3. The second kappa shape index (κ2) is 6.86. The molecule has 1 amide bonds. The van der Waals surface area contributed by atoms with Crippen molar-refractivity contribution >= 4 is 5.91 Å². The third-order valence-electron chi connectivity index (χ3n) is 3.26. The topological polar surface area (TPSA) is 49.6 Å². The summed E-state index contributed by atoms with van der Waals surface area (Å²) in [5.74, 6) is 0.920. The Morgan fingerprint density at radius 1 is 1.56 bits per heavy atom. The van der Waals surface area contributed by atoms with Gasteiger partial charge >= 0.3 is 0 Å². The Morgan fingerprint density at radius 3 is 2.88 bits per heavy atom. The lowest BCUT2D eigenvalue weighted by Gasteiger charge is -2.32. The summed E-state index contributed by atoms with van der Waals surface area (Å²) in [7, 11) is 0. The molecule has 1 saturated heterocycles. The fraction of sp³-hybridized carbons (Fsp3) is 0.917. The van der Waals surface area contributed by atoms with Gasteiger partial charge in [0.1, 0.15) is 0 Å². The van der Waals surface area contributed by atoms with E-state index in [4.69, 9.17) is 5.73 Å². The highest BCUT2D eigenvalue weighted by atomic mass is 16.2. The van der Waals surface area contributed by atoms with Crippen LogP contribution in [-0.2, 0) is 4.79 Å². The maximum atomic E-state index is 12.0.